The lowest BCUT2D eigenvalue weighted by Crippen LogP contribution is -2.36. The molecule has 88 valence electrons. The van der Waals surface area contributed by atoms with Gasteiger partial charge in [-0.2, -0.15) is 0 Å². The second-order valence-corrected chi connectivity index (χ2v) is 4.08. The molecule has 15 heavy (non-hydrogen) atoms. The fourth-order valence-corrected chi connectivity index (χ4v) is 0.725. The van der Waals surface area contributed by atoms with Crippen LogP contribution in [0.3, 0.4) is 0 Å². The number of nitrogens with one attached hydrogen (secondary N) is 1. The van der Waals surface area contributed by atoms with Crippen LogP contribution in [0.1, 0.15) is 34.1 Å². The van der Waals surface area contributed by atoms with Crippen LogP contribution in [-0.2, 0) is 14.3 Å². The van der Waals surface area contributed by atoms with Crippen LogP contribution in [0.5, 0.6) is 0 Å². The predicted molar refractivity (Wildman–Crippen MR) is 55.5 cm³/mol. The molecule has 0 saturated carbocycles. The Balaban J connectivity index is 3.67. The van der Waals surface area contributed by atoms with Gasteiger partial charge in [0.15, 0.2) is 0 Å². The van der Waals surface area contributed by atoms with Gasteiger partial charge in [0, 0.05) is 0 Å². The van der Waals surface area contributed by atoms with E-state index in [1.807, 2.05) is 6.92 Å². The van der Waals surface area contributed by atoms with E-state index in [1.54, 1.807) is 20.8 Å². The lowest BCUT2D eigenvalue weighted by molar-refractivity contribution is -0.142. The summed E-state index contributed by atoms with van der Waals surface area (Å²) < 4.78 is 9.70. The first-order valence-electron chi connectivity index (χ1n) is 4.97. The van der Waals surface area contributed by atoms with Crippen molar-refractivity contribution in [2.24, 2.45) is 0 Å². The van der Waals surface area contributed by atoms with Crippen molar-refractivity contribution in [1.82, 2.24) is 5.32 Å². The van der Waals surface area contributed by atoms with Crippen LogP contribution in [0.25, 0.3) is 0 Å². The van der Waals surface area contributed by atoms with E-state index in [4.69, 9.17) is 9.47 Å². The molecule has 0 aromatic carbocycles. The predicted octanol–water partition coefficient (Wildman–Crippen LogP) is 1.46. The molecule has 0 radical (unpaired) electrons. The molecule has 1 N–H and O–H groups in total. The molecule has 0 unspecified atom stereocenters. The topological polar surface area (TPSA) is 64.6 Å². The Labute approximate surface area is 90.1 Å². The molecule has 0 aliphatic heterocycles. The van der Waals surface area contributed by atoms with Crippen molar-refractivity contribution in [2.45, 2.75) is 39.7 Å². The van der Waals surface area contributed by atoms with Crippen molar-refractivity contribution in [3.8, 4) is 0 Å². The summed E-state index contributed by atoms with van der Waals surface area (Å²) in [6, 6.07) is 0. The number of amides is 1. The molecule has 0 rings (SSSR count). The number of rotatable bonds is 4. The highest BCUT2D eigenvalue weighted by Crippen LogP contribution is 2.06. The maximum atomic E-state index is 11.1. The van der Waals surface area contributed by atoms with Crippen LogP contribution >= 0.6 is 0 Å². The quantitative estimate of drug-likeness (QED) is 0.724. The van der Waals surface area contributed by atoms with Crippen molar-refractivity contribution in [1.29, 1.82) is 0 Å². The van der Waals surface area contributed by atoms with E-state index >= 15 is 0 Å². The highest BCUT2D eigenvalue weighted by atomic mass is 16.6. The highest BCUT2D eigenvalue weighted by Gasteiger charge is 2.16. The second kappa shape index (κ2) is 6.27. The summed E-state index contributed by atoms with van der Waals surface area (Å²) in [5.41, 5.74) is -0.558. The monoisotopic (exact) mass is 217 g/mol. The van der Waals surface area contributed by atoms with E-state index in [0.29, 0.717) is 6.61 Å². The van der Waals surface area contributed by atoms with E-state index in [1.165, 1.54) is 0 Å². The second-order valence-electron chi connectivity index (χ2n) is 4.08. The Morgan fingerprint density at radius 3 is 2.33 bits per heavy atom. The van der Waals surface area contributed by atoms with E-state index in [0.717, 1.165) is 6.42 Å². The number of carbonyl (C=O) groups is 2. The summed E-state index contributed by atoms with van der Waals surface area (Å²) in [7, 11) is 0. The molecule has 0 aliphatic rings. The molecule has 0 aliphatic carbocycles. The Morgan fingerprint density at radius 1 is 1.27 bits per heavy atom. The van der Waals surface area contributed by atoms with Gasteiger partial charge in [-0.1, -0.05) is 6.92 Å². The third-order valence-corrected chi connectivity index (χ3v) is 1.24. The summed E-state index contributed by atoms with van der Waals surface area (Å²) in [6.07, 6.45) is 0.147. The Hall–Kier alpha value is -1.26. The molecular formula is C10H19NO4. The molecule has 0 aromatic heterocycles. The zero-order chi connectivity index (χ0) is 11.9. The fourth-order valence-electron chi connectivity index (χ4n) is 0.725. The van der Waals surface area contributed by atoms with Crippen molar-refractivity contribution in [2.75, 3.05) is 13.2 Å². The summed E-state index contributed by atoms with van der Waals surface area (Å²) >= 11 is 0. The lowest BCUT2D eigenvalue weighted by atomic mass is 10.2. The SMILES string of the molecule is CCCOC(=O)CNC(=O)OC(C)(C)C. The first kappa shape index (κ1) is 13.7. The molecule has 0 spiro atoms. The normalized spacial score (nSPS) is 10.7. The maximum Gasteiger partial charge on any atom is 0.408 e. The van der Waals surface area contributed by atoms with Gasteiger partial charge >= 0.3 is 12.1 Å². The number of alkyl carbamates (subject to hydrolysis) is 1. The van der Waals surface area contributed by atoms with Crippen molar-refractivity contribution < 1.29 is 19.1 Å². The third kappa shape index (κ3) is 9.05. The van der Waals surface area contributed by atoms with E-state index in [2.05, 4.69) is 5.32 Å². The summed E-state index contributed by atoms with van der Waals surface area (Å²) in [4.78, 5) is 22.1. The number of carbonyl (C=O) groups excluding carboxylic acids is 2. The number of esters is 1. The van der Waals surface area contributed by atoms with Gasteiger partial charge in [-0.25, -0.2) is 4.79 Å². The van der Waals surface area contributed by atoms with Crippen LogP contribution in [0.4, 0.5) is 4.79 Å². The van der Waals surface area contributed by atoms with Gasteiger partial charge in [0.05, 0.1) is 6.61 Å². The lowest BCUT2D eigenvalue weighted by Gasteiger charge is -2.19. The molecule has 0 bridgehead atoms. The van der Waals surface area contributed by atoms with Crippen LogP contribution in [0.15, 0.2) is 0 Å². The summed E-state index contributed by atoms with van der Waals surface area (Å²) in [6.45, 7) is 7.37. The van der Waals surface area contributed by atoms with E-state index in [-0.39, 0.29) is 6.54 Å². The fraction of sp³-hybridized carbons (Fsp3) is 0.800. The smallest absolute Gasteiger partial charge is 0.408 e. The average molecular weight is 217 g/mol. The standard InChI is InChI=1S/C10H19NO4/c1-5-6-14-8(12)7-11-9(13)15-10(2,3)4/h5-7H2,1-4H3,(H,11,13). The highest BCUT2D eigenvalue weighted by molar-refractivity contribution is 5.77. The molecule has 5 heteroatoms. The summed E-state index contributed by atoms with van der Waals surface area (Å²) in [5.74, 6) is -0.456. The van der Waals surface area contributed by atoms with Gasteiger partial charge in [0.1, 0.15) is 12.1 Å². The Bertz CT molecular complexity index is 220. The minimum Gasteiger partial charge on any atom is -0.464 e. The van der Waals surface area contributed by atoms with Crippen LogP contribution in [0.2, 0.25) is 0 Å². The molecule has 1 amide bonds. The van der Waals surface area contributed by atoms with E-state index < -0.39 is 17.7 Å². The third-order valence-electron chi connectivity index (χ3n) is 1.24. The average Bonchev–Trinajstić information content (AvgIpc) is 2.08. The molecule has 0 aromatic rings. The van der Waals surface area contributed by atoms with Crippen LogP contribution < -0.4 is 5.32 Å². The van der Waals surface area contributed by atoms with Gasteiger partial charge < -0.3 is 14.8 Å². The number of hydrogen-bond donors (Lipinski definition) is 1. The molecule has 5 nitrogen and oxygen atoms in total. The molecule has 0 saturated heterocycles. The Kier molecular flexibility index (Phi) is 5.74. The zero-order valence-corrected chi connectivity index (χ0v) is 9.75. The molecule has 0 fully saturated rings. The minimum absolute atomic E-state index is 0.158. The largest absolute Gasteiger partial charge is 0.464 e. The van der Waals surface area contributed by atoms with Crippen molar-refractivity contribution in [3.05, 3.63) is 0 Å². The van der Waals surface area contributed by atoms with Gasteiger partial charge in [0.25, 0.3) is 0 Å². The van der Waals surface area contributed by atoms with E-state index in [9.17, 15) is 9.59 Å². The first-order valence-corrected chi connectivity index (χ1v) is 4.97. The first-order chi connectivity index (χ1) is 6.85. The number of ether oxygens (including phenoxy) is 2. The van der Waals surface area contributed by atoms with Gasteiger partial charge in [-0.15, -0.1) is 0 Å². The van der Waals surface area contributed by atoms with Crippen LogP contribution in [0, 0.1) is 0 Å². The minimum atomic E-state index is -0.615. The van der Waals surface area contributed by atoms with Gasteiger partial charge in [-0.3, -0.25) is 4.79 Å². The zero-order valence-electron chi connectivity index (χ0n) is 9.75. The number of hydrogen-bond acceptors (Lipinski definition) is 4. The molecule has 0 heterocycles. The van der Waals surface area contributed by atoms with Gasteiger partial charge in [0.2, 0.25) is 0 Å². The van der Waals surface area contributed by atoms with Crippen molar-refractivity contribution >= 4 is 12.1 Å². The Morgan fingerprint density at radius 2 is 1.87 bits per heavy atom. The molecular weight excluding hydrogens is 198 g/mol. The maximum absolute atomic E-state index is 11.1. The van der Waals surface area contributed by atoms with Crippen molar-refractivity contribution in [3.63, 3.8) is 0 Å². The van der Waals surface area contributed by atoms with Gasteiger partial charge in [-0.05, 0) is 27.2 Å². The van der Waals surface area contributed by atoms with Crippen LogP contribution in [-0.4, -0.2) is 30.8 Å². The summed E-state index contributed by atoms with van der Waals surface area (Å²) in [5, 5.41) is 2.31. The molecule has 0 atom stereocenters.